The highest BCUT2D eigenvalue weighted by Gasteiger charge is 2.13. The summed E-state index contributed by atoms with van der Waals surface area (Å²) < 4.78 is 2.08. The highest BCUT2D eigenvalue weighted by molar-refractivity contribution is 6.00. The molecular weight excluding hydrogens is 404 g/mol. The van der Waals surface area contributed by atoms with Crippen molar-refractivity contribution in [3.8, 4) is 16.9 Å². The number of phenols is 1. The molecule has 0 aliphatic rings. The summed E-state index contributed by atoms with van der Waals surface area (Å²) in [4.78, 5) is 23.7. The van der Waals surface area contributed by atoms with Gasteiger partial charge >= 0.3 is 5.97 Å². The van der Waals surface area contributed by atoms with E-state index < -0.39 is 5.97 Å². The highest BCUT2D eigenvalue weighted by Crippen LogP contribution is 2.31. The maximum absolute atomic E-state index is 12.2. The standard InChI is InChI=1S/C26H24N2O4/c29-21-10-6-9-19(15-21)25(30)27-13-4-5-14-28-17-23(18-7-2-1-3-8-18)22-12-11-20(26(31)32)16-24(22)28/h1-3,6-12,15-17,29H,4-5,13-14H2,(H,27,30)(H,31,32). The third-order valence-electron chi connectivity index (χ3n) is 5.43. The Labute approximate surface area is 185 Å². The molecule has 0 unspecified atom stereocenters. The van der Waals surface area contributed by atoms with E-state index in [9.17, 15) is 19.8 Å². The Morgan fingerprint density at radius 3 is 2.44 bits per heavy atom. The van der Waals surface area contributed by atoms with Crippen LogP contribution in [0.1, 0.15) is 33.6 Å². The van der Waals surface area contributed by atoms with Gasteiger partial charge in [-0.15, -0.1) is 0 Å². The van der Waals surface area contributed by atoms with Crippen LogP contribution in [0, 0.1) is 0 Å². The molecular formula is C26H24N2O4. The van der Waals surface area contributed by atoms with Crippen molar-refractivity contribution in [3.05, 3.63) is 90.1 Å². The van der Waals surface area contributed by atoms with Gasteiger partial charge in [-0.25, -0.2) is 4.79 Å². The summed E-state index contributed by atoms with van der Waals surface area (Å²) in [5.74, 6) is -1.10. The number of aromatic hydroxyl groups is 1. The molecule has 3 aromatic carbocycles. The third-order valence-corrected chi connectivity index (χ3v) is 5.43. The number of nitrogens with zero attached hydrogens (tertiary/aromatic N) is 1. The third kappa shape index (κ3) is 4.64. The van der Waals surface area contributed by atoms with Crippen molar-refractivity contribution in [2.45, 2.75) is 19.4 Å². The van der Waals surface area contributed by atoms with Crippen molar-refractivity contribution in [3.63, 3.8) is 0 Å². The van der Waals surface area contributed by atoms with Gasteiger partial charge in [-0.1, -0.05) is 42.5 Å². The second-order valence-electron chi connectivity index (χ2n) is 7.65. The van der Waals surface area contributed by atoms with Gasteiger partial charge in [-0.2, -0.15) is 0 Å². The van der Waals surface area contributed by atoms with Crippen molar-refractivity contribution in [1.29, 1.82) is 0 Å². The summed E-state index contributed by atoms with van der Waals surface area (Å²) in [6.07, 6.45) is 3.65. The molecule has 0 bridgehead atoms. The van der Waals surface area contributed by atoms with Gasteiger partial charge in [0.05, 0.1) is 5.56 Å². The van der Waals surface area contributed by atoms with Gasteiger partial charge in [-0.3, -0.25) is 4.79 Å². The molecule has 0 spiro atoms. The Morgan fingerprint density at radius 1 is 0.875 bits per heavy atom. The molecule has 0 saturated carbocycles. The molecule has 6 heteroatoms. The zero-order chi connectivity index (χ0) is 22.5. The molecule has 0 fully saturated rings. The van der Waals surface area contributed by atoms with Crippen LogP contribution in [-0.2, 0) is 6.54 Å². The molecule has 162 valence electrons. The Morgan fingerprint density at radius 2 is 1.69 bits per heavy atom. The average Bonchev–Trinajstić information content (AvgIpc) is 3.17. The first-order valence-electron chi connectivity index (χ1n) is 10.5. The van der Waals surface area contributed by atoms with Crippen LogP contribution in [0.15, 0.2) is 79.0 Å². The van der Waals surface area contributed by atoms with E-state index in [1.54, 1.807) is 24.3 Å². The second-order valence-corrected chi connectivity index (χ2v) is 7.65. The summed E-state index contributed by atoms with van der Waals surface area (Å²) >= 11 is 0. The lowest BCUT2D eigenvalue weighted by Crippen LogP contribution is -2.24. The van der Waals surface area contributed by atoms with E-state index in [1.165, 1.54) is 12.1 Å². The SMILES string of the molecule is O=C(O)c1ccc2c(-c3ccccc3)cn(CCCCNC(=O)c3cccc(O)c3)c2c1. The first kappa shape index (κ1) is 21.2. The molecule has 1 aromatic heterocycles. The number of benzene rings is 3. The van der Waals surface area contributed by atoms with Crippen molar-refractivity contribution < 1.29 is 19.8 Å². The number of rotatable bonds is 8. The summed E-state index contributed by atoms with van der Waals surface area (Å²) in [6.45, 7) is 1.22. The van der Waals surface area contributed by atoms with Gasteiger partial charge in [0.15, 0.2) is 0 Å². The van der Waals surface area contributed by atoms with Crippen LogP contribution in [0.3, 0.4) is 0 Å². The predicted octanol–water partition coefficient (Wildman–Crippen LogP) is 4.92. The molecule has 6 nitrogen and oxygen atoms in total. The summed E-state index contributed by atoms with van der Waals surface area (Å²) in [6, 6.07) is 21.5. The number of hydrogen-bond acceptors (Lipinski definition) is 3. The number of carbonyl (C=O) groups is 2. The molecule has 0 aliphatic heterocycles. The van der Waals surface area contributed by atoms with Crippen LogP contribution in [0.2, 0.25) is 0 Å². The molecule has 0 radical (unpaired) electrons. The lowest BCUT2D eigenvalue weighted by molar-refractivity contribution is 0.0696. The molecule has 0 saturated heterocycles. The van der Waals surface area contributed by atoms with Crippen LogP contribution in [-0.4, -0.2) is 33.2 Å². The van der Waals surface area contributed by atoms with E-state index in [1.807, 2.05) is 36.4 Å². The smallest absolute Gasteiger partial charge is 0.335 e. The Balaban J connectivity index is 1.45. The minimum atomic E-state index is -0.949. The number of aromatic carboxylic acids is 1. The zero-order valence-corrected chi connectivity index (χ0v) is 17.5. The molecule has 4 aromatic rings. The number of hydrogen-bond donors (Lipinski definition) is 3. The van der Waals surface area contributed by atoms with E-state index in [0.29, 0.717) is 18.7 Å². The van der Waals surface area contributed by atoms with E-state index in [4.69, 9.17) is 0 Å². The van der Waals surface area contributed by atoms with Crippen molar-refractivity contribution in [2.24, 2.45) is 0 Å². The Kier molecular flexibility index (Phi) is 6.22. The molecule has 32 heavy (non-hydrogen) atoms. The lowest BCUT2D eigenvalue weighted by atomic mass is 10.0. The number of carboxylic acid groups (broad SMARTS) is 1. The van der Waals surface area contributed by atoms with Gasteiger partial charge in [0, 0.05) is 41.3 Å². The number of nitrogens with one attached hydrogen (secondary N) is 1. The number of phenolic OH excluding ortho intramolecular Hbond substituents is 1. The van der Waals surface area contributed by atoms with Crippen molar-refractivity contribution in [2.75, 3.05) is 6.54 Å². The fourth-order valence-electron chi connectivity index (χ4n) is 3.82. The Hall–Kier alpha value is -4.06. The number of aromatic nitrogens is 1. The predicted molar refractivity (Wildman–Crippen MR) is 124 cm³/mol. The quantitative estimate of drug-likeness (QED) is 0.347. The van der Waals surface area contributed by atoms with Gasteiger partial charge < -0.3 is 20.1 Å². The van der Waals surface area contributed by atoms with Crippen molar-refractivity contribution >= 4 is 22.8 Å². The van der Waals surface area contributed by atoms with Crippen LogP contribution in [0.4, 0.5) is 0 Å². The van der Waals surface area contributed by atoms with E-state index in [2.05, 4.69) is 16.1 Å². The van der Waals surface area contributed by atoms with Gasteiger partial charge in [-0.05, 0) is 48.7 Å². The van der Waals surface area contributed by atoms with Crippen LogP contribution < -0.4 is 5.32 Å². The number of carbonyl (C=O) groups excluding carboxylic acids is 1. The van der Waals surface area contributed by atoms with E-state index in [0.717, 1.165) is 34.9 Å². The Bertz CT molecular complexity index is 1260. The van der Waals surface area contributed by atoms with Crippen LogP contribution in [0.5, 0.6) is 5.75 Å². The summed E-state index contributed by atoms with van der Waals surface area (Å²) in [5.41, 5.74) is 3.71. The normalized spacial score (nSPS) is 10.9. The van der Waals surface area contributed by atoms with Crippen LogP contribution in [0.25, 0.3) is 22.0 Å². The number of amides is 1. The minimum absolute atomic E-state index is 0.0621. The second kappa shape index (κ2) is 9.39. The lowest BCUT2D eigenvalue weighted by Gasteiger charge is -2.08. The number of fused-ring (bicyclic) bond motifs is 1. The number of unbranched alkanes of at least 4 members (excludes halogenated alkanes) is 1. The van der Waals surface area contributed by atoms with E-state index >= 15 is 0 Å². The van der Waals surface area contributed by atoms with Crippen molar-refractivity contribution in [1.82, 2.24) is 9.88 Å². The highest BCUT2D eigenvalue weighted by atomic mass is 16.4. The summed E-state index contributed by atoms with van der Waals surface area (Å²) in [7, 11) is 0. The number of aryl methyl sites for hydroxylation is 1. The molecule has 1 amide bonds. The average molecular weight is 428 g/mol. The van der Waals surface area contributed by atoms with Crippen LogP contribution >= 0.6 is 0 Å². The first-order valence-corrected chi connectivity index (χ1v) is 10.5. The van der Waals surface area contributed by atoms with Gasteiger partial charge in [0.25, 0.3) is 5.91 Å². The number of carboxylic acids is 1. The zero-order valence-electron chi connectivity index (χ0n) is 17.5. The first-order chi connectivity index (χ1) is 15.5. The molecule has 0 aliphatic carbocycles. The maximum atomic E-state index is 12.2. The fraction of sp³-hybridized carbons (Fsp3) is 0.154. The molecule has 1 heterocycles. The molecule has 3 N–H and O–H groups in total. The summed E-state index contributed by atoms with van der Waals surface area (Å²) in [5, 5.41) is 22.8. The largest absolute Gasteiger partial charge is 0.508 e. The van der Waals surface area contributed by atoms with Gasteiger partial charge in [0.2, 0.25) is 0 Å². The van der Waals surface area contributed by atoms with E-state index in [-0.39, 0.29) is 17.2 Å². The monoisotopic (exact) mass is 428 g/mol. The van der Waals surface area contributed by atoms with Gasteiger partial charge in [0.1, 0.15) is 5.75 Å². The molecule has 4 rings (SSSR count). The maximum Gasteiger partial charge on any atom is 0.335 e. The topological polar surface area (TPSA) is 91.6 Å². The molecule has 0 atom stereocenters. The fourth-order valence-corrected chi connectivity index (χ4v) is 3.82. The minimum Gasteiger partial charge on any atom is -0.508 e.